The van der Waals surface area contributed by atoms with Crippen LogP contribution in [0.4, 0.5) is 0 Å². The fourth-order valence-electron chi connectivity index (χ4n) is 3.44. The van der Waals surface area contributed by atoms with Crippen LogP contribution in [0.3, 0.4) is 0 Å². The van der Waals surface area contributed by atoms with Gasteiger partial charge < -0.3 is 9.73 Å². The van der Waals surface area contributed by atoms with Crippen molar-refractivity contribution in [3.8, 4) is 22.8 Å². The molecule has 0 aliphatic carbocycles. The fraction of sp³-hybridized carbons (Fsp3) is 0.154. The molecule has 1 N–H and O–H groups in total. The predicted octanol–water partition coefficient (Wildman–Crippen LogP) is 6.52. The lowest BCUT2D eigenvalue weighted by atomic mass is 10.0. The Hall–Kier alpha value is -3.18. The van der Waals surface area contributed by atoms with Crippen molar-refractivity contribution in [2.24, 2.45) is 0 Å². The summed E-state index contributed by atoms with van der Waals surface area (Å²) in [6.07, 6.45) is 3.47. The number of amides is 1. The van der Waals surface area contributed by atoms with Gasteiger partial charge in [-0.2, -0.15) is 0 Å². The topological polar surface area (TPSA) is 55.1 Å². The van der Waals surface area contributed by atoms with Crippen LogP contribution < -0.4 is 5.32 Å². The first-order chi connectivity index (χ1) is 15.1. The van der Waals surface area contributed by atoms with Gasteiger partial charge in [0.05, 0.1) is 11.8 Å². The summed E-state index contributed by atoms with van der Waals surface area (Å²) >= 11 is 3.48. The number of nitrogens with zero attached hydrogens (tertiary/aromatic N) is 1. The van der Waals surface area contributed by atoms with E-state index in [4.69, 9.17) is 4.42 Å². The van der Waals surface area contributed by atoms with Crippen molar-refractivity contribution in [2.45, 2.75) is 25.8 Å². The van der Waals surface area contributed by atoms with Crippen LogP contribution in [0.1, 0.15) is 29.3 Å². The normalized spacial score (nSPS) is 11.8. The van der Waals surface area contributed by atoms with E-state index in [0.717, 1.165) is 22.9 Å². The summed E-state index contributed by atoms with van der Waals surface area (Å²) in [6, 6.07) is 25.6. The molecule has 4 rings (SSSR count). The molecule has 0 bridgehead atoms. The molecule has 1 aromatic heterocycles. The summed E-state index contributed by atoms with van der Waals surface area (Å²) < 4.78 is 6.96. The highest BCUT2D eigenvalue weighted by Crippen LogP contribution is 2.29. The van der Waals surface area contributed by atoms with Crippen molar-refractivity contribution in [1.82, 2.24) is 10.3 Å². The molecular weight excluding hydrogens is 452 g/mol. The minimum Gasteiger partial charge on any atom is -0.436 e. The molecule has 31 heavy (non-hydrogen) atoms. The Balaban J connectivity index is 1.49. The van der Waals surface area contributed by atoms with Crippen LogP contribution in [0.15, 0.2) is 93.9 Å². The zero-order valence-corrected chi connectivity index (χ0v) is 18.8. The average molecular weight is 475 g/mol. The third kappa shape index (κ3) is 5.30. The molecule has 5 heteroatoms. The number of hydrogen-bond donors (Lipinski definition) is 1. The van der Waals surface area contributed by atoms with Gasteiger partial charge in [0.25, 0.3) is 5.91 Å². The van der Waals surface area contributed by atoms with Crippen LogP contribution in [0.25, 0.3) is 22.8 Å². The summed E-state index contributed by atoms with van der Waals surface area (Å²) in [5, 5.41) is 3.11. The summed E-state index contributed by atoms with van der Waals surface area (Å²) in [5.41, 5.74) is 3.42. The van der Waals surface area contributed by atoms with Gasteiger partial charge in [-0.3, -0.25) is 4.79 Å². The summed E-state index contributed by atoms with van der Waals surface area (Å²) in [6.45, 7) is 2.03. The van der Waals surface area contributed by atoms with E-state index < -0.39 is 0 Å². The Labute approximate surface area is 190 Å². The number of carbonyl (C=O) groups is 1. The second-order valence-electron chi connectivity index (χ2n) is 7.48. The molecule has 4 nitrogen and oxygen atoms in total. The highest BCUT2D eigenvalue weighted by atomic mass is 79.9. The summed E-state index contributed by atoms with van der Waals surface area (Å²) in [7, 11) is 0. The first-order valence-corrected chi connectivity index (χ1v) is 11.1. The number of hydrogen-bond acceptors (Lipinski definition) is 3. The molecule has 0 saturated carbocycles. The monoisotopic (exact) mass is 474 g/mol. The van der Waals surface area contributed by atoms with E-state index in [0.29, 0.717) is 22.8 Å². The van der Waals surface area contributed by atoms with Crippen LogP contribution in [-0.2, 0) is 6.42 Å². The van der Waals surface area contributed by atoms with Gasteiger partial charge in [-0.15, -0.1) is 0 Å². The Morgan fingerprint density at radius 1 is 1.03 bits per heavy atom. The van der Waals surface area contributed by atoms with E-state index in [1.807, 2.05) is 67.6 Å². The molecule has 1 amide bonds. The van der Waals surface area contributed by atoms with Crippen LogP contribution in [0.2, 0.25) is 0 Å². The maximum atomic E-state index is 13.0. The van der Waals surface area contributed by atoms with E-state index >= 15 is 0 Å². The van der Waals surface area contributed by atoms with Crippen molar-refractivity contribution >= 4 is 21.8 Å². The molecule has 4 aromatic rings. The van der Waals surface area contributed by atoms with Crippen LogP contribution in [0.5, 0.6) is 0 Å². The van der Waals surface area contributed by atoms with E-state index in [-0.39, 0.29) is 11.9 Å². The lowest BCUT2D eigenvalue weighted by Crippen LogP contribution is -2.33. The molecular formula is C26H23BrN2O2. The number of benzene rings is 3. The van der Waals surface area contributed by atoms with Gasteiger partial charge in [0.2, 0.25) is 5.89 Å². The number of aryl methyl sites for hydroxylation is 1. The highest BCUT2D eigenvalue weighted by Gasteiger charge is 2.18. The van der Waals surface area contributed by atoms with Gasteiger partial charge >= 0.3 is 0 Å². The molecule has 0 radical (unpaired) electrons. The van der Waals surface area contributed by atoms with E-state index in [1.54, 1.807) is 12.3 Å². The Morgan fingerprint density at radius 2 is 1.81 bits per heavy atom. The zero-order valence-electron chi connectivity index (χ0n) is 17.2. The van der Waals surface area contributed by atoms with E-state index in [1.165, 1.54) is 5.56 Å². The molecule has 3 aromatic carbocycles. The van der Waals surface area contributed by atoms with Gasteiger partial charge in [-0.05, 0) is 49.6 Å². The predicted molar refractivity (Wildman–Crippen MR) is 127 cm³/mol. The van der Waals surface area contributed by atoms with Gasteiger partial charge in [-0.1, -0.05) is 70.5 Å². The quantitative estimate of drug-likeness (QED) is 0.331. The fourth-order valence-corrected chi connectivity index (χ4v) is 3.84. The minimum absolute atomic E-state index is 0.0440. The molecule has 0 aliphatic rings. The third-order valence-electron chi connectivity index (χ3n) is 5.10. The molecule has 0 fully saturated rings. The summed E-state index contributed by atoms with van der Waals surface area (Å²) in [4.78, 5) is 17.4. The number of nitrogens with one attached hydrogen (secondary N) is 1. The largest absolute Gasteiger partial charge is 0.436 e. The average Bonchev–Trinajstić information content (AvgIpc) is 3.29. The molecule has 1 atom stereocenters. The number of oxazole rings is 1. The number of rotatable bonds is 7. The molecule has 0 aliphatic heterocycles. The molecule has 0 spiro atoms. The number of halogens is 1. The lowest BCUT2D eigenvalue weighted by molar-refractivity contribution is 0.0939. The maximum Gasteiger partial charge on any atom is 0.252 e. The van der Waals surface area contributed by atoms with Crippen LogP contribution in [-0.4, -0.2) is 16.9 Å². The summed E-state index contributed by atoms with van der Waals surface area (Å²) in [5.74, 6) is 0.957. The molecule has 0 unspecified atom stereocenters. The van der Waals surface area contributed by atoms with Gasteiger partial charge in [-0.25, -0.2) is 4.98 Å². The maximum absolute atomic E-state index is 13.0. The lowest BCUT2D eigenvalue weighted by Gasteiger charge is -2.15. The van der Waals surface area contributed by atoms with Crippen molar-refractivity contribution in [2.75, 3.05) is 0 Å². The molecule has 156 valence electrons. The first kappa shape index (κ1) is 21.1. The first-order valence-electron chi connectivity index (χ1n) is 10.3. The van der Waals surface area contributed by atoms with Gasteiger partial charge in [0, 0.05) is 21.6 Å². The van der Waals surface area contributed by atoms with Crippen molar-refractivity contribution < 1.29 is 9.21 Å². The number of aromatic nitrogens is 1. The minimum atomic E-state index is -0.127. The highest BCUT2D eigenvalue weighted by molar-refractivity contribution is 9.10. The Morgan fingerprint density at radius 3 is 2.61 bits per heavy atom. The van der Waals surface area contributed by atoms with Crippen molar-refractivity contribution in [1.29, 1.82) is 0 Å². The van der Waals surface area contributed by atoms with Crippen LogP contribution in [0, 0.1) is 0 Å². The van der Waals surface area contributed by atoms with E-state index in [9.17, 15) is 4.79 Å². The van der Waals surface area contributed by atoms with Crippen LogP contribution >= 0.6 is 15.9 Å². The third-order valence-corrected chi connectivity index (χ3v) is 5.60. The Kier molecular flexibility index (Phi) is 6.63. The van der Waals surface area contributed by atoms with Gasteiger partial charge in [0.1, 0.15) is 0 Å². The van der Waals surface area contributed by atoms with E-state index in [2.05, 4.69) is 38.4 Å². The second-order valence-corrected chi connectivity index (χ2v) is 8.40. The Bertz CT molecular complexity index is 1170. The smallest absolute Gasteiger partial charge is 0.252 e. The van der Waals surface area contributed by atoms with Crippen molar-refractivity contribution in [3.05, 3.63) is 101 Å². The SMILES string of the molecule is C[C@H](CCc1ccccc1)NC(=O)c1ccccc1-c1ncc(-c2cccc(Br)c2)o1. The number of carbonyl (C=O) groups excluding carboxylic acids is 1. The molecule has 1 heterocycles. The zero-order chi connectivity index (χ0) is 21.6. The molecule has 0 saturated heterocycles. The van der Waals surface area contributed by atoms with Gasteiger partial charge in [0.15, 0.2) is 5.76 Å². The standard InChI is InChI=1S/C26H23BrN2O2/c1-18(14-15-19-8-3-2-4-9-19)29-25(30)22-12-5-6-13-23(22)26-28-17-24(31-26)20-10-7-11-21(27)16-20/h2-13,16-18H,14-15H2,1H3,(H,29,30)/t18-/m1/s1. The van der Waals surface area contributed by atoms with Crippen molar-refractivity contribution in [3.63, 3.8) is 0 Å². The second kappa shape index (κ2) is 9.75.